The van der Waals surface area contributed by atoms with Gasteiger partial charge in [0.05, 0.1) is 27.1 Å². The zero-order chi connectivity index (χ0) is 25.2. The first kappa shape index (κ1) is 26.0. The average Bonchev–Trinajstić information content (AvgIpc) is 2.76. The molecule has 0 aromatic heterocycles. The summed E-state index contributed by atoms with van der Waals surface area (Å²) < 4.78 is 38.9. The molecule has 2 aromatic carbocycles. The molecule has 8 nitrogen and oxygen atoms in total. The number of amides is 2. The Bertz CT molecular complexity index is 1140. The number of piperazine rings is 1. The molecule has 1 heterocycles. The summed E-state index contributed by atoms with van der Waals surface area (Å²) in [6.45, 7) is 0.941. The number of hydrogen-bond acceptors (Lipinski definition) is 5. The van der Waals surface area contributed by atoms with Crippen molar-refractivity contribution in [2.45, 2.75) is 6.18 Å². The second kappa shape index (κ2) is 10.3. The van der Waals surface area contributed by atoms with Gasteiger partial charge in [0.15, 0.2) is 0 Å². The average molecular weight is 540 g/mol. The van der Waals surface area contributed by atoms with Crippen LogP contribution >= 0.6 is 34.8 Å². The van der Waals surface area contributed by atoms with E-state index in [0.29, 0.717) is 13.1 Å². The lowest BCUT2D eigenvalue weighted by Gasteiger charge is -2.34. The third-order valence-corrected chi connectivity index (χ3v) is 6.16. The first-order valence-corrected chi connectivity index (χ1v) is 10.8. The molecule has 2 amide bonds. The van der Waals surface area contributed by atoms with Crippen molar-refractivity contribution in [1.82, 2.24) is 9.80 Å². The van der Waals surface area contributed by atoms with E-state index >= 15 is 0 Å². The van der Waals surface area contributed by atoms with E-state index < -0.39 is 39.2 Å². The van der Waals surface area contributed by atoms with Crippen molar-refractivity contribution in [1.29, 1.82) is 0 Å². The van der Waals surface area contributed by atoms with Crippen LogP contribution in [0.25, 0.3) is 0 Å². The second-order valence-electron chi connectivity index (χ2n) is 7.36. The Labute approximate surface area is 206 Å². The lowest BCUT2D eigenvalue weighted by molar-refractivity contribution is -0.384. The van der Waals surface area contributed by atoms with Crippen molar-refractivity contribution in [3.05, 3.63) is 66.6 Å². The number of carbonyl (C=O) groups is 2. The van der Waals surface area contributed by atoms with Gasteiger partial charge in [0.1, 0.15) is 5.02 Å². The summed E-state index contributed by atoms with van der Waals surface area (Å²) in [7, 11) is 0. The van der Waals surface area contributed by atoms with Crippen molar-refractivity contribution in [3.63, 3.8) is 0 Å². The molecule has 3 rings (SSSR count). The Morgan fingerprint density at radius 3 is 2.26 bits per heavy atom. The van der Waals surface area contributed by atoms with E-state index in [9.17, 15) is 32.9 Å². The second-order valence-corrected chi connectivity index (χ2v) is 8.55. The number of benzene rings is 2. The molecule has 0 atom stereocenters. The highest BCUT2D eigenvalue weighted by atomic mass is 35.5. The molecule has 0 bridgehead atoms. The quantitative estimate of drug-likeness (QED) is 0.428. The summed E-state index contributed by atoms with van der Waals surface area (Å²) in [4.78, 5) is 38.6. The predicted octanol–water partition coefficient (Wildman–Crippen LogP) is 4.97. The minimum absolute atomic E-state index is 0.00972. The molecule has 182 valence electrons. The van der Waals surface area contributed by atoms with E-state index in [1.165, 1.54) is 17.0 Å². The summed E-state index contributed by atoms with van der Waals surface area (Å²) in [6, 6.07) is 5.38. The van der Waals surface area contributed by atoms with Gasteiger partial charge in [-0.2, -0.15) is 13.2 Å². The Morgan fingerprint density at radius 2 is 1.68 bits per heavy atom. The number of hydrogen-bond donors (Lipinski definition) is 1. The highest BCUT2D eigenvalue weighted by molar-refractivity contribution is 6.43. The lowest BCUT2D eigenvalue weighted by Crippen LogP contribution is -2.50. The molecule has 0 aliphatic carbocycles. The Balaban J connectivity index is 1.58. The summed E-state index contributed by atoms with van der Waals surface area (Å²) >= 11 is 17.3. The monoisotopic (exact) mass is 538 g/mol. The van der Waals surface area contributed by atoms with Gasteiger partial charge in [-0.3, -0.25) is 24.6 Å². The van der Waals surface area contributed by atoms with Gasteiger partial charge in [0, 0.05) is 43.5 Å². The molecule has 0 unspecified atom stereocenters. The smallest absolute Gasteiger partial charge is 0.336 e. The minimum atomic E-state index is -4.66. The molecule has 34 heavy (non-hydrogen) atoms. The fraction of sp³-hybridized carbons (Fsp3) is 0.300. The number of nitrogens with one attached hydrogen (secondary N) is 1. The number of halogens is 6. The molecule has 0 radical (unpaired) electrons. The van der Waals surface area contributed by atoms with E-state index in [4.69, 9.17) is 34.8 Å². The van der Waals surface area contributed by atoms with Crippen LogP contribution in [0.4, 0.5) is 24.5 Å². The third kappa shape index (κ3) is 6.09. The van der Waals surface area contributed by atoms with Gasteiger partial charge < -0.3 is 10.2 Å². The molecule has 14 heteroatoms. The van der Waals surface area contributed by atoms with E-state index in [2.05, 4.69) is 5.32 Å². The molecular formula is C20H16Cl3F3N4O4. The summed E-state index contributed by atoms with van der Waals surface area (Å²) in [5.74, 6) is -1.01. The van der Waals surface area contributed by atoms with Crippen LogP contribution in [0.3, 0.4) is 0 Å². The molecule has 1 fully saturated rings. The van der Waals surface area contributed by atoms with E-state index in [1.54, 1.807) is 4.90 Å². The van der Waals surface area contributed by atoms with Crippen molar-refractivity contribution in [3.8, 4) is 0 Å². The topological polar surface area (TPSA) is 95.8 Å². The van der Waals surface area contributed by atoms with Gasteiger partial charge in [0.25, 0.3) is 11.6 Å². The van der Waals surface area contributed by atoms with E-state index in [-0.39, 0.29) is 40.9 Å². The molecule has 2 aromatic rings. The Kier molecular flexibility index (Phi) is 7.91. The number of anilines is 1. The predicted molar refractivity (Wildman–Crippen MR) is 121 cm³/mol. The van der Waals surface area contributed by atoms with Gasteiger partial charge in [0.2, 0.25) is 5.91 Å². The van der Waals surface area contributed by atoms with E-state index in [1.807, 2.05) is 0 Å². The van der Waals surface area contributed by atoms with Crippen molar-refractivity contribution in [2.75, 3.05) is 38.0 Å². The first-order valence-electron chi connectivity index (χ1n) is 9.68. The molecular weight excluding hydrogens is 524 g/mol. The summed E-state index contributed by atoms with van der Waals surface area (Å²) in [5.41, 5.74) is -1.57. The van der Waals surface area contributed by atoms with Gasteiger partial charge >= 0.3 is 6.18 Å². The van der Waals surface area contributed by atoms with Crippen LogP contribution < -0.4 is 5.32 Å². The number of rotatable bonds is 5. The highest BCUT2D eigenvalue weighted by Gasteiger charge is 2.33. The molecule has 1 aliphatic heterocycles. The summed E-state index contributed by atoms with van der Waals surface area (Å²) in [5, 5.41) is 12.7. The maximum atomic E-state index is 13.0. The van der Waals surface area contributed by atoms with E-state index in [0.717, 1.165) is 18.2 Å². The third-order valence-electron chi connectivity index (χ3n) is 5.03. The number of alkyl halides is 3. The first-order chi connectivity index (χ1) is 15.9. The summed E-state index contributed by atoms with van der Waals surface area (Å²) in [6.07, 6.45) is -4.66. The maximum Gasteiger partial charge on any atom is 0.417 e. The fourth-order valence-corrected chi connectivity index (χ4v) is 3.96. The minimum Gasteiger partial charge on any atom is -0.336 e. The molecule has 1 saturated heterocycles. The van der Waals surface area contributed by atoms with Gasteiger partial charge in [-0.05, 0) is 24.3 Å². The number of nitrogens with zero attached hydrogens (tertiary/aromatic N) is 3. The number of nitro groups is 1. The van der Waals surface area contributed by atoms with Gasteiger partial charge in [-0.25, -0.2) is 0 Å². The van der Waals surface area contributed by atoms with Crippen LogP contribution in [0.15, 0.2) is 30.3 Å². The van der Waals surface area contributed by atoms with Crippen LogP contribution in [0.2, 0.25) is 15.1 Å². The Morgan fingerprint density at radius 1 is 1.03 bits per heavy atom. The molecule has 0 spiro atoms. The van der Waals surface area contributed by atoms with Crippen LogP contribution in [0.5, 0.6) is 0 Å². The normalized spacial score (nSPS) is 14.7. The fourth-order valence-electron chi connectivity index (χ4n) is 3.35. The van der Waals surface area contributed by atoms with Crippen LogP contribution in [-0.2, 0) is 11.0 Å². The molecule has 1 N–H and O–H groups in total. The molecule has 1 aliphatic rings. The zero-order valence-electron chi connectivity index (χ0n) is 17.2. The standard InChI is InChI=1S/C20H16Cl3F3N4O4/c21-14-2-1-12(9-13(14)20(24,25)26)27-17(31)10-28-3-5-29(6-4-28)19(32)11-7-15(22)18(23)16(8-11)30(33)34/h1-2,7-9H,3-6,10H2,(H,27,31). The largest absolute Gasteiger partial charge is 0.417 e. The number of carbonyl (C=O) groups excluding carboxylic acids is 2. The highest BCUT2D eigenvalue weighted by Crippen LogP contribution is 2.36. The Hall–Kier alpha value is -2.60. The van der Waals surface area contributed by atoms with Crippen molar-refractivity contribution >= 4 is 58.0 Å². The zero-order valence-corrected chi connectivity index (χ0v) is 19.4. The number of nitro benzene ring substituents is 1. The van der Waals surface area contributed by atoms with Gasteiger partial charge in [-0.1, -0.05) is 34.8 Å². The maximum absolute atomic E-state index is 13.0. The van der Waals surface area contributed by atoms with Crippen LogP contribution in [0.1, 0.15) is 15.9 Å². The van der Waals surface area contributed by atoms with Gasteiger partial charge in [-0.15, -0.1) is 0 Å². The SMILES string of the molecule is O=C(CN1CCN(C(=O)c2cc(Cl)c(Cl)c([N+](=O)[O-])c2)CC1)Nc1ccc(Cl)c(C(F)(F)F)c1. The van der Waals surface area contributed by atoms with Crippen LogP contribution in [-0.4, -0.2) is 59.3 Å². The van der Waals surface area contributed by atoms with Crippen LogP contribution in [0, 0.1) is 10.1 Å². The molecule has 0 saturated carbocycles. The van der Waals surface area contributed by atoms with Crippen molar-refractivity contribution in [2.24, 2.45) is 0 Å². The lowest BCUT2D eigenvalue weighted by atomic mass is 10.1. The van der Waals surface area contributed by atoms with Crippen molar-refractivity contribution < 1.29 is 27.7 Å².